The van der Waals surface area contributed by atoms with Gasteiger partial charge < -0.3 is 14.4 Å². The molecule has 3 saturated heterocycles. The highest BCUT2D eigenvalue weighted by atomic mass is 32.2. The van der Waals surface area contributed by atoms with Gasteiger partial charge in [-0.3, -0.25) is 10.0 Å². The molecule has 1 aromatic carbocycles. The number of nitrogens with one attached hydrogen (secondary N) is 1. The first-order chi connectivity index (χ1) is 17.7. The van der Waals surface area contributed by atoms with E-state index in [1.807, 2.05) is 19.1 Å². The Kier molecular flexibility index (Phi) is 8.38. The summed E-state index contributed by atoms with van der Waals surface area (Å²) >= 11 is 0. The number of aryl methyl sites for hydroxylation is 1. The molecule has 0 saturated carbocycles. The van der Waals surface area contributed by atoms with Gasteiger partial charge in [0.25, 0.3) is 5.91 Å². The Morgan fingerprint density at radius 2 is 1.92 bits per heavy atom. The molecule has 0 bridgehead atoms. The maximum Gasteiger partial charge on any atom is 0.410 e. The van der Waals surface area contributed by atoms with E-state index in [2.05, 4.69) is 6.07 Å². The number of nitrogens with zero attached hydrogens (tertiary/aromatic N) is 3. The molecule has 2 amide bonds. The van der Waals surface area contributed by atoms with Crippen LogP contribution in [0.4, 0.5) is 4.79 Å². The summed E-state index contributed by atoms with van der Waals surface area (Å²) in [6.07, 6.45) is 1.29. The van der Waals surface area contributed by atoms with Crippen molar-refractivity contribution < 1.29 is 32.7 Å². The molecule has 12 heteroatoms. The van der Waals surface area contributed by atoms with E-state index < -0.39 is 33.2 Å². The first-order valence-electron chi connectivity index (χ1n) is 12.6. The van der Waals surface area contributed by atoms with Crippen molar-refractivity contribution in [2.24, 2.45) is 5.41 Å². The van der Waals surface area contributed by atoms with Gasteiger partial charge in [-0.2, -0.15) is 5.26 Å². The molecule has 1 atom stereocenters. The second-order valence-corrected chi connectivity index (χ2v) is 12.2. The highest BCUT2D eigenvalue weighted by molar-refractivity contribution is 7.89. The summed E-state index contributed by atoms with van der Waals surface area (Å²) in [5.74, 6) is -1.00. The number of carbonyl (C=O) groups excluding carboxylic acids is 2. The molecule has 1 unspecified atom stereocenters. The molecule has 202 valence electrons. The molecule has 0 aliphatic carbocycles. The fourth-order valence-electron chi connectivity index (χ4n) is 5.58. The number of ether oxygens (including phenoxy) is 2. The number of hydrogen-bond acceptors (Lipinski definition) is 8. The molecular weight excluding hydrogens is 500 g/mol. The lowest BCUT2D eigenvalue weighted by Crippen LogP contribution is -2.55. The Bertz CT molecular complexity index is 1140. The Morgan fingerprint density at radius 3 is 2.49 bits per heavy atom. The minimum Gasteiger partial charge on any atom is -0.444 e. The number of nitriles is 1. The van der Waals surface area contributed by atoms with Gasteiger partial charge in [0, 0.05) is 32.6 Å². The van der Waals surface area contributed by atoms with Crippen LogP contribution in [0.3, 0.4) is 0 Å². The van der Waals surface area contributed by atoms with E-state index in [0.29, 0.717) is 51.1 Å². The molecule has 3 fully saturated rings. The van der Waals surface area contributed by atoms with Crippen LogP contribution in [0.1, 0.15) is 54.7 Å². The molecule has 0 aromatic heterocycles. The van der Waals surface area contributed by atoms with E-state index >= 15 is 0 Å². The topological polar surface area (TPSA) is 149 Å². The normalized spacial score (nSPS) is 22.8. The minimum absolute atomic E-state index is 0.0930. The number of benzene rings is 1. The standard InChI is InChI=1S/C25H34N4O7S/c1-18-14-19(15-26)2-3-22(18)20-4-9-29(10-5-20)37(33,34)17-25(23(30)27-32)7-11-28(12-8-25)24(31)36-21-6-13-35-16-21/h2-3,14,20-21,32H,4-13,16-17H2,1H3,(H,27,30). The highest BCUT2D eigenvalue weighted by Crippen LogP contribution is 2.37. The first kappa shape index (κ1) is 27.3. The van der Waals surface area contributed by atoms with Gasteiger partial charge in [-0.15, -0.1) is 0 Å². The van der Waals surface area contributed by atoms with Gasteiger partial charge in [0.05, 0.1) is 36.0 Å². The lowest BCUT2D eigenvalue weighted by atomic mass is 9.79. The first-order valence-corrected chi connectivity index (χ1v) is 14.2. The van der Waals surface area contributed by atoms with Gasteiger partial charge in [0.15, 0.2) is 0 Å². The Hall–Kier alpha value is -2.72. The summed E-state index contributed by atoms with van der Waals surface area (Å²) in [4.78, 5) is 26.7. The van der Waals surface area contributed by atoms with Crippen molar-refractivity contribution in [2.45, 2.75) is 51.0 Å². The number of sulfonamides is 1. The monoisotopic (exact) mass is 534 g/mol. The van der Waals surface area contributed by atoms with Crippen LogP contribution in [0.2, 0.25) is 0 Å². The Balaban J connectivity index is 1.38. The summed E-state index contributed by atoms with van der Waals surface area (Å²) in [5, 5.41) is 18.5. The molecule has 3 heterocycles. The Labute approximate surface area is 217 Å². The number of carbonyl (C=O) groups is 2. The zero-order valence-electron chi connectivity index (χ0n) is 21.0. The molecule has 4 rings (SSSR count). The molecule has 1 aromatic rings. The van der Waals surface area contributed by atoms with Crippen molar-refractivity contribution >= 4 is 22.0 Å². The van der Waals surface area contributed by atoms with Gasteiger partial charge in [0.2, 0.25) is 10.0 Å². The number of hydrogen-bond donors (Lipinski definition) is 2. The zero-order chi connectivity index (χ0) is 26.6. The van der Waals surface area contributed by atoms with Crippen molar-refractivity contribution in [1.82, 2.24) is 14.7 Å². The van der Waals surface area contributed by atoms with E-state index in [9.17, 15) is 23.2 Å². The quantitative estimate of drug-likeness (QED) is 0.415. The lowest BCUT2D eigenvalue weighted by molar-refractivity contribution is -0.141. The molecule has 2 N–H and O–H groups in total. The fourth-order valence-corrected chi connectivity index (χ4v) is 7.65. The van der Waals surface area contributed by atoms with Crippen LogP contribution < -0.4 is 5.48 Å². The van der Waals surface area contributed by atoms with Gasteiger partial charge in [-0.1, -0.05) is 6.07 Å². The SMILES string of the molecule is Cc1cc(C#N)ccc1C1CCN(S(=O)(=O)CC2(C(=O)NO)CCN(C(=O)OC3CCOC3)CC2)CC1. The second kappa shape index (κ2) is 11.3. The maximum absolute atomic E-state index is 13.4. The predicted molar refractivity (Wildman–Crippen MR) is 132 cm³/mol. The van der Waals surface area contributed by atoms with Crippen molar-refractivity contribution in [2.75, 3.05) is 45.1 Å². The van der Waals surface area contributed by atoms with Crippen LogP contribution in [-0.4, -0.2) is 86.1 Å². The molecule has 3 aliphatic rings. The number of piperidine rings is 2. The van der Waals surface area contributed by atoms with Crippen LogP contribution in [0.15, 0.2) is 18.2 Å². The minimum atomic E-state index is -3.81. The fraction of sp³-hybridized carbons (Fsp3) is 0.640. The summed E-state index contributed by atoms with van der Waals surface area (Å²) in [5.41, 5.74) is 3.04. The van der Waals surface area contributed by atoms with Crippen molar-refractivity contribution in [3.63, 3.8) is 0 Å². The van der Waals surface area contributed by atoms with Crippen LogP contribution in [0, 0.1) is 23.7 Å². The largest absolute Gasteiger partial charge is 0.444 e. The zero-order valence-corrected chi connectivity index (χ0v) is 21.8. The number of likely N-dealkylation sites (tertiary alicyclic amines) is 1. The second-order valence-electron chi connectivity index (χ2n) is 10.2. The predicted octanol–water partition coefficient (Wildman–Crippen LogP) is 1.89. The third-order valence-corrected chi connectivity index (χ3v) is 9.93. The Morgan fingerprint density at radius 1 is 1.22 bits per heavy atom. The molecule has 11 nitrogen and oxygen atoms in total. The summed E-state index contributed by atoms with van der Waals surface area (Å²) < 4.78 is 38.9. The third kappa shape index (κ3) is 6.06. The van der Waals surface area contributed by atoms with Crippen LogP contribution in [-0.2, 0) is 24.3 Å². The van der Waals surface area contributed by atoms with E-state index in [1.165, 1.54) is 9.21 Å². The van der Waals surface area contributed by atoms with E-state index in [1.54, 1.807) is 11.5 Å². The van der Waals surface area contributed by atoms with Gasteiger partial charge in [-0.05, 0) is 61.8 Å². The smallest absolute Gasteiger partial charge is 0.410 e. The van der Waals surface area contributed by atoms with Crippen molar-refractivity contribution in [1.29, 1.82) is 5.26 Å². The number of rotatable bonds is 6. The molecular formula is C25H34N4O7S. The van der Waals surface area contributed by atoms with Gasteiger partial charge >= 0.3 is 6.09 Å². The molecule has 0 radical (unpaired) electrons. The average Bonchev–Trinajstić information content (AvgIpc) is 3.41. The van der Waals surface area contributed by atoms with Crippen molar-refractivity contribution in [3.8, 4) is 6.07 Å². The molecule has 3 aliphatic heterocycles. The highest BCUT2D eigenvalue weighted by Gasteiger charge is 2.47. The maximum atomic E-state index is 13.4. The van der Waals surface area contributed by atoms with Crippen LogP contribution in [0.5, 0.6) is 0 Å². The van der Waals surface area contributed by atoms with E-state index in [4.69, 9.17) is 14.7 Å². The van der Waals surface area contributed by atoms with E-state index in [0.717, 1.165) is 11.1 Å². The summed E-state index contributed by atoms with van der Waals surface area (Å²) in [6, 6.07) is 7.71. The van der Waals surface area contributed by atoms with Gasteiger partial charge in [-0.25, -0.2) is 23.0 Å². The van der Waals surface area contributed by atoms with Crippen LogP contribution in [0.25, 0.3) is 0 Å². The van der Waals surface area contributed by atoms with Crippen LogP contribution >= 0.6 is 0 Å². The number of amides is 2. The lowest BCUT2D eigenvalue weighted by Gasteiger charge is -2.41. The van der Waals surface area contributed by atoms with Crippen molar-refractivity contribution in [3.05, 3.63) is 34.9 Å². The molecule has 37 heavy (non-hydrogen) atoms. The summed E-state index contributed by atoms with van der Waals surface area (Å²) in [7, 11) is -3.81. The van der Waals surface area contributed by atoms with Gasteiger partial charge in [0.1, 0.15) is 6.10 Å². The average molecular weight is 535 g/mol. The molecule has 0 spiro atoms. The van der Waals surface area contributed by atoms with E-state index in [-0.39, 0.29) is 38.0 Å². The summed E-state index contributed by atoms with van der Waals surface area (Å²) in [6.45, 7) is 3.80. The third-order valence-electron chi connectivity index (χ3n) is 7.86. The number of hydroxylamine groups is 1.